The zero-order chi connectivity index (χ0) is 16.3. The third-order valence-corrected chi connectivity index (χ3v) is 3.94. The molecule has 3 N–H and O–H groups in total. The highest BCUT2D eigenvalue weighted by molar-refractivity contribution is 5.93. The predicted molar refractivity (Wildman–Crippen MR) is 83.8 cm³/mol. The van der Waals surface area contributed by atoms with Gasteiger partial charge in [0, 0.05) is 12.7 Å². The van der Waals surface area contributed by atoms with Crippen LogP contribution in [0.3, 0.4) is 0 Å². The number of anilines is 1. The van der Waals surface area contributed by atoms with Crippen LogP contribution in [0, 0.1) is 0 Å². The van der Waals surface area contributed by atoms with Crippen LogP contribution in [-0.4, -0.2) is 51.4 Å². The number of aliphatic hydroxyl groups is 2. The Morgan fingerprint density at radius 2 is 2.30 bits per heavy atom. The van der Waals surface area contributed by atoms with Crippen molar-refractivity contribution in [2.75, 3.05) is 25.0 Å². The lowest BCUT2D eigenvalue weighted by atomic mass is 9.94. The summed E-state index contributed by atoms with van der Waals surface area (Å²) >= 11 is 0. The average Bonchev–Trinajstić information content (AvgIpc) is 3.10. The van der Waals surface area contributed by atoms with Gasteiger partial charge in [0.2, 0.25) is 0 Å². The molecule has 1 atom stereocenters. The number of rotatable bonds is 3. The fraction of sp³-hybridized carbons (Fsp3) is 0.375. The van der Waals surface area contributed by atoms with Gasteiger partial charge in [-0.3, -0.25) is 4.98 Å². The number of aliphatic hydroxyl groups excluding tert-OH is 1. The molecule has 1 saturated heterocycles. The van der Waals surface area contributed by atoms with Gasteiger partial charge in [0.25, 0.3) is 0 Å². The van der Waals surface area contributed by atoms with Gasteiger partial charge >= 0.3 is 6.03 Å². The van der Waals surface area contributed by atoms with Crippen molar-refractivity contribution in [2.45, 2.75) is 18.4 Å². The summed E-state index contributed by atoms with van der Waals surface area (Å²) in [5.41, 5.74) is -0.153. The minimum absolute atomic E-state index is 0.103. The molecule has 0 bridgehead atoms. The van der Waals surface area contributed by atoms with Crippen molar-refractivity contribution in [2.24, 2.45) is 0 Å². The van der Waals surface area contributed by atoms with E-state index in [-0.39, 0.29) is 19.2 Å². The third-order valence-electron chi connectivity index (χ3n) is 3.94. The van der Waals surface area contributed by atoms with Gasteiger partial charge in [-0.15, -0.1) is 0 Å². The summed E-state index contributed by atoms with van der Waals surface area (Å²) in [7, 11) is 0. The number of amides is 2. The largest absolute Gasteiger partial charge is 0.463 e. The summed E-state index contributed by atoms with van der Waals surface area (Å²) in [6.45, 7) is 0.275. The standard InChI is InChI=1S/C16H19N3O4/c20-11-16(22)6-3-8-19(10-16)15(21)18-12-4-1-7-17-14(12)13-5-2-9-23-13/h1-2,4-5,7,9,20,22H,3,6,8,10-11H2,(H,18,21). The van der Waals surface area contributed by atoms with E-state index in [4.69, 9.17) is 4.42 Å². The van der Waals surface area contributed by atoms with Crippen LogP contribution < -0.4 is 5.32 Å². The normalized spacial score (nSPS) is 21.2. The number of pyridine rings is 1. The molecule has 0 aromatic carbocycles. The topological polar surface area (TPSA) is 98.8 Å². The Morgan fingerprint density at radius 3 is 3.04 bits per heavy atom. The van der Waals surface area contributed by atoms with E-state index in [0.717, 1.165) is 0 Å². The molecule has 2 amide bonds. The smallest absolute Gasteiger partial charge is 0.322 e. The Labute approximate surface area is 133 Å². The van der Waals surface area contributed by atoms with Gasteiger partial charge in [-0.05, 0) is 37.1 Å². The lowest BCUT2D eigenvalue weighted by Gasteiger charge is -2.37. The molecule has 0 spiro atoms. The lowest BCUT2D eigenvalue weighted by Crippen LogP contribution is -2.53. The summed E-state index contributed by atoms with van der Waals surface area (Å²) in [6, 6.07) is 6.65. The Balaban J connectivity index is 1.76. The SMILES string of the molecule is O=C(Nc1cccnc1-c1ccco1)N1CCCC(O)(CO)C1. The summed E-state index contributed by atoms with van der Waals surface area (Å²) < 4.78 is 5.34. The van der Waals surface area contributed by atoms with Gasteiger partial charge in [-0.1, -0.05) is 0 Å². The maximum atomic E-state index is 12.5. The Morgan fingerprint density at radius 1 is 1.43 bits per heavy atom. The van der Waals surface area contributed by atoms with Gasteiger partial charge in [0.05, 0.1) is 25.1 Å². The van der Waals surface area contributed by atoms with Crippen molar-refractivity contribution >= 4 is 11.7 Å². The molecular formula is C16H19N3O4. The van der Waals surface area contributed by atoms with Crippen molar-refractivity contribution < 1.29 is 19.4 Å². The first kappa shape index (κ1) is 15.5. The predicted octanol–water partition coefficient (Wildman–Crippen LogP) is 1.69. The van der Waals surface area contributed by atoms with Crippen LogP contribution in [0.5, 0.6) is 0 Å². The van der Waals surface area contributed by atoms with Crippen LogP contribution in [0.2, 0.25) is 0 Å². The number of likely N-dealkylation sites (tertiary alicyclic amines) is 1. The first-order valence-corrected chi connectivity index (χ1v) is 7.49. The summed E-state index contributed by atoms with van der Waals surface area (Å²) in [4.78, 5) is 18.2. The molecule has 1 fully saturated rings. The van der Waals surface area contributed by atoms with E-state index in [2.05, 4.69) is 10.3 Å². The summed E-state index contributed by atoms with van der Waals surface area (Å²) in [6.07, 6.45) is 4.29. The zero-order valence-electron chi connectivity index (χ0n) is 12.6. The van der Waals surface area contributed by atoms with E-state index < -0.39 is 5.60 Å². The number of furan rings is 1. The second kappa shape index (κ2) is 6.39. The molecule has 7 heteroatoms. The molecule has 7 nitrogen and oxygen atoms in total. The molecule has 1 aliphatic heterocycles. The molecular weight excluding hydrogens is 298 g/mol. The number of carbonyl (C=O) groups is 1. The molecule has 0 saturated carbocycles. The highest BCUT2D eigenvalue weighted by Gasteiger charge is 2.34. The summed E-state index contributed by atoms with van der Waals surface area (Å²) in [5.74, 6) is 0.561. The quantitative estimate of drug-likeness (QED) is 0.800. The Bertz CT molecular complexity index is 674. The molecule has 1 aliphatic rings. The number of piperidine rings is 1. The second-order valence-corrected chi connectivity index (χ2v) is 5.71. The van der Waals surface area contributed by atoms with E-state index in [0.29, 0.717) is 36.5 Å². The van der Waals surface area contributed by atoms with Crippen LogP contribution in [0.4, 0.5) is 10.5 Å². The van der Waals surface area contributed by atoms with Crippen molar-refractivity contribution in [3.8, 4) is 11.5 Å². The van der Waals surface area contributed by atoms with E-state index in [1.54, 1.807) is 36.7 Å². The number of carbonyl (C=O) groups excluding carboxylic acids is 1. The Hall–Kier alpha value is -2.38. The van der Waals surface area contributed by atoms with E-state index in [1.807, 2.05) is 0 Å². The highest BCUT2D eigenvalue weighted by Crippen LogP contribution is 2.27. The monoisotopic (exact) mass is 317 g/mol. The highest BCUT2D eigenvalue weighted by atomic mass is 16.3. The number of hydrogen-bond acceptors (Lipinski definition) is 5. The fourth-order valence-electron chi connectivity index (χ4n) is 2.72. The van der Waals surface area contributed by atoms with Crippen molar-refractivity contribution in [1.29, 1.82) is 0 Å². The van der Waals surface area contributed by atoms with Gasteiger partial charge in [-0.2, -0.15) is 0 Å². The number of urea groups is 1. The van der Waals surface area contributed by atoms with Crippen molar-refractivity contribution in [3.63, 3.8) is 0 Å². The molecule has 23 heavy (non-hydrogen) atoms. The van der Waals surface area contributed by atoms with E-state index in [1.165, 1.54) is 4.90 Å². The Kier molecular flexibility index (Phi) is 4.31. The van der Waals surface area contributed by atoms with Crippen LogP contribution in [0.15, 0.2) is 41.1 Å². The van der Waals surface area contributed by atoms with Gasteiger partial charge in [-0.25, -0.2) is 4.79 Å². The van der Waals surface area contributed by atoms with Crippen molar-refractivity contribution in [3.05, 3.63) is 36.7 Å². The zero-order valence-corrected chi connectivity index (χ0v) is 12.6. The molecule has 1 unspecified atom stereocenters. The van der Waals surface area contributed by atoms with Crippen LogP contribution >= 0.6 is 0 Å². The number of nitrogens with one attached hydrogen (secondary N) is 1. The summed E-state index contributed by atoms with van der Waals surface area (Å²) in [5, 5.41) is 22.3. The first-order chi connectivity index (χ1) is 11.1. The number of hydrogen-bond donors (Lipinski definition) is 3. The minimum Gasteiger partial charge on any atom is -0.463 e. The molecule has 122 valence electrons. The lowest BCUT2D eigenvalue weighted by molar-refractivity contribution is -0.0558. The van der Waals surface area contributed by atoms with Crippen LogP contribution in [-0.2, 0) is 0 Å². The minimum atomic E-state index is -1.23. The molecule has 2 aromatic heterocycles. The first-order valence-electron chi connectivity index (χ1n) is 7.49. The average molecular weight is 317 g/mol. The maximum Gasteiger partial charge on any atom is 0.322 e. The number of nitrogens with zero attached hydrogens (tertiary/aromatic N) is 2. The van der Waals surface area contributed by atoms with Gasteiger partial charge in [0.1, 0.15) is 11.3 Å². The van der Waals surface area contributed by atoms with E-state index in [9.17, 15) is 15.0 Å². The molecule has 3 rings (SSSR count). The molecule has 0 aliphatic carbocycles. The molecule has 3 heterocycles. The molecule has 0 radical (unpaired) electrons. The molecule has 2 aromatic rings. The van der Waals surface area contributed by atoms with E-state index >= 15 is 0 Å². The van der Waals surface area contributed by atoms with Crippen molar-refractivity contribution in [1.82, 2.24) is 9.88 Å². The number of β-amino-alcohol motifs (C(OH)–C–C–N with tert-alkyl or cyclic N) is 1. The fourth-order valence-corrected chi connectivity index (χ4v) is 2.72. The van der Waals surface area contributed by atoms with Crippen LogP contribution in [0.25, 0.3) is 11.5 Å². The second-order valence-electron chi connectivity index (χ2n) is 5.71. The third kappa shape index (κ3) is 3.35. The van der Waals surface area contributed by atoms with Gasteiger partial charge < -0.3 is 24.8 Å². The maximum absolute atomic E-state index is 12.5. The van der Waals surface area contributed by atoms with Crippen LogP contribution in [0.1, 0.15) is 12.8 Å². The van der Waals surface area contributed by atoms with Gasteiger partial charge in [0.15, 0.2) is 5.76 Å². The number of aromatic nitrogens is 1.